The number of carbonyl (C=O) groups is 1. The van der Waals surface area contributed by atoms with E-state index in [4.69, 9.17) is 21.3 Å². The van der Waals surface area contributed by atoms with Gasteiger partial charge >= 0.3 is 5.97 Å². The summed E-state index contributed by atoms with van der Waals surface area (Å²) in [6.45, 7) is 0. The Morgan fingerprint density at radius 3 is 2.32 bits per heavy atom. The van der Waals surface area contributed by atoms with Gasteiger partial charge in [0.1, 0.15) is 5.82 Å². The van der Waals surface area contributed by atoms with Crippen LogP contribution in [0.5, 0.6) is 0 Å². The molecular weight excluding hydrogens is 376 g/mol. The molecule has 138 valence electrons. The van der Waals surface area contributed by atoms with Crippen molar-refractivity contribution in [2.75, 3.05) is 7.11 Å². The second kappa shape index (κ2) is 7.29. The van der Waals surface area contributed by atoms with Gasteiger partial charge < -0.3 is 4.74 Å². The Bertz CT molecular complexity index is 1230. The Labute approximate surface area is 165 Å². The molecule has 0 unspecified atom stereocenters. The molecule has 0 N–H and O–H groups in total. The number of nitrogens with zero attached hydrogens (tertiary/aromatic N) is 2. The van der Waals surface area contributed by atoms with Crippen LogP contribution in [0.1, 0.15) is 10.4 Å². The number of hydrogen-bond donors (Lipinski definition) is 0. The minimum absolute atomic E-state index is 0.193. The van der Waals surface area contributed by atoms with Crippen molar-refractivity contribution < 1.29 is 9.53 Å². The predicted molar refractivity (Wildman–Crippen MR) is 109 cm³/mol. The molecule has 0 saturated carbocycles. The second-order valence-corrected chi connectivity index (χ2v) is 6.57. The maximum Gasteiger partial charge on any atom is 0.337 e. The van der Waals surface area contributed by atoms with E-state index in [0.717, 1.165) is 5.56 Å². The van der Waals surface area contributed by atoms with Crippen molar-refractivity contribution in [3.05, 3.63) is 93.7 Å². The summed E-state index contributed by atoms with van der Waals surface area (Å²) >= 11 is 6.01. The molecule has 0 radical (unpaired) electrons. The van der Waals surface area contributed by atoms with Gasteiger partial charge in [0.15, 0.2) is 0 Å². The van der Waals surface area contributed by atoms with Gasteiger partial charge in [-0.2, -0.15) is 0 Å². The molecule has 0 atom stereocenters. The number of esters is 1. The average Bonchev–Trinajstić information content (AvgIpc) is 2.74. The summed E-state index contributed by atoms with van der Waals surface area (Å²) in [5.74, 6) is 0.0552. The van der Waals surface area contributed by atoms with Crippen molar-refractivity contribution in [2.45, 2.75) is 0 Å². The minimum atomic E-state index is -0.437. The average molecular weight is 391 g/mol. The first-order valence-electron chi connectivity index (χ1n) is 8.55. The minimum Gasteiger partial charge on any atom is -0.465 e. The lowest BCUT2D eigenvalue weighted by Crippen LogP contribution is -2.22. The SMILES string of the molecule is COC(=O)c1ccc(-n2c(-c3ccc(Cl)cc3)nc3ccccc3c2=O)cc1. The van der Waals surface area contributed by atoms with Gasteiger partial charge in [-0.3, -0.25) is 9.36 Å². The van der Waals surface area contributed by atoms with Gasteiger partial charge in [-0.15, -0.1) is 0 Å². The number of methoxy groups -OCH3 is 1. The molecule has 0 aliphatic carbocycles. The van der Waals surface area contributed by atoms with Crippen molar-refractivity contribution in [2.24, 2.45) is 0 Å². The molecule has 5 nitrogen and oxygen atoms in total. The number of carbonyl (C=O) groups excluding carboxylic acids is 1. The Morgan fingerprint density at radius 1 is 0.964 bits per heavy atom. The summed E-state index contributed by atoms with van der Waals surface area (Å²) in [5.41, 5.74) is 2.17. The van der Waals surface area contributed by atoms with Crippen LogP contribution in [0.3, 0.4) is 0 Å². The summed E-state index contributed by atoms with van der Waals surface area (Å²) in [7, 11) is 1.33. The molecular formula is C22H15ClN2O3. The molecule has 0 aliphatic rings. The highest BCUT2D eigenvalue weighted by Gasteiger charge is 2.15. The fourth-order valence-electron chi connectivity index (χ4n) is 3.03. The Morgan fingerprint density at radius 2 is 1.64 bits per heavy atom. The van der Waals surface area contributed by atoms with E-state index in [0.29, 0.717) is 33.0 Å². The largest absolute Gasteiger partial charge is 0.465 e. The first kappa shape index (κ1) is 17.9. The quantitative estimate of drug-likeness (QED) is 0.483. The lowest BCUT2D eigenvalue weighted by molar-refractivity contribution is 0.0601. The zero-order chi connectivity index (χ0) is 19.7. The molecule has 28 heavy (non-hydrogen) atoms. The first-order chi connectivity index (χ1) is 13.6. The Kier molecular flexibility index (Phi) is 4.67. The van der Waals surface area contributed by atoms with Crippen LogP contribution < -0.4 is 5.56 Å². The highest BCUT2D eigenvalue weighted by Crippen LogP contribution is 2.24. The van der Waals surface area contributed by atoms with Crippen molar-refractivity contribution in [3.63, 3.8) is 0 Å². The van der Waals surface area contributed by atoms with Crippen LogP contribution in [-0.2, 0) is 4.74 Å². The Hall–Kier alpha value is -3.44. The van der Waals surface area contributed by atoms with E-state index >= 15 is 0 Å². The Balaban J connectivity index is 1.99. The number of halogens is 1. The molecule has 4 rings (SSSR count). The third kappa shape index (κ3) is 3.17. The molecule has 0 spiro atoms. The van der Waals surface area contributed by atoms with E-state index < -0.39 is 5.97 Å². The summed E-state index contributed by atoms with van der Waals surface area (Å²) in [4.78, 5) is 29.7. The van der Waals surface area contributed by atoms with Crippen LogP contribution in [0.25, 0.3) is 28.0 Å². The molecule has 0 fully saturated rings. The van der Waals surface area contributed by atoms with Crippen molar-refractivity contribution in [1.29, 1.82) is 0 Å². The lowest BCUT2D eigenvalue weighted by Gasteiger charge is -2.14. The number of ether oxygens (including phenoxy) is 1. The fraction of sp³-hybridized carbons (Fsp3) is 0.0455. The highest BCUT2D eigenvalue weighted by atomic mass is 35.5. The topological polar surface area (TPSA) is 61.2 Å². The van der Waals surface area contributed by atoms with Gasteiger partial charge in [-0.1, -0.05) is 23.7 Å². The van der Waals surface area contributed by atoms with Gasteiger partial charge in [0.2, 0.25) is 0 Å². The van der Waals surface area contributed by atoms with E-state index in [1.807, 2.05) is 18.2 Å². The van der Waals surface area contributed by atoms with Crippen LogP contribution in [0.4, 0.5) is 0 Å². The molecule has 0 aliphatic heterocycles. The van der Waals surface area contributed by atoms with Crippen molar-refractivity contribution >= 4 is 28.5 Å². The molecule has 1 heterocycles. The van der Waals surface area contributed by atoms with Gasteiger partial charge in [0.05, 0.1) is 29.3 Å². The van der Waals surface area contributed by atoms with Crippen molar-refractivity contribution in [1.82, 2.24) is 9.55 Å². The molecule has 6 heteroatoms. The zero-order valence-electron chi connectivity index (χ0n) is 14.9. The monoisotopic (exact) mass is 390 g/mol. The maximum absolute atomic E-state index is 13.3. The summed E-state index contributed by atoms with van der Waals surface area (Å²) < 4.78 is 6.27. The normalized spacial score (nSPS) is 10.8. The second-order valence-electron chi connectivity index (χ2n) is 6.14. The smallest absolute Gasteiger partial charge is 0.337 e. The zero-order valence-corrected chi connectivity index (χ0v) is 15.7. The molecule has 0 amide bonds. The summed E-state index contributed by atoms with van der Waals surface area (Å²) in [5, 5.41) is 1.11. The summed E-state index contributed by atoms with van der Waals surface area (Å²) in [6.07, 6.45) is 0. The lowest BCUT2D eigenvalue weighted by atomic mass is 10.1. The third-order valence-electron chi connectivity index (χ3n) is 4.42. The van der Waals surface area contributed by atoms with Crippen molar-refractivity contribution in [3.8, 4) is 17.1 Å². The van der Waals surface area contributed by atoms with E-state index in [1.54, 1.807) is 54.6 Å². The standard InChI is InChI=1S/C22H15ClN2O3/c1-28-22(27)15-8-12-17(13-9-15)25-20(14-6-10-16(23)11-7-14)24-19-5-3-2-4-18(19)21(25)26/h2-13H,1H3. The number of aromatic nitrogens is 2. The third-order valence-corrected chi connectivity index (χ3v) is 4.68. The number of para-hydroxylation sites is 1. The van der Waals surface area contributed by atoms with Crippen LogP contribution in [0.15, 0.2) is 77.6 Å². The number of hydrogen-bond acceptors (Lipinski definition) is 4. The van der Waals surface area contributed by atoms with Crippen LogP contribution in [0.2, 0.25) is 5.02 Å². The van der Waals surface area contributed by atoms with Gasteiger partial charge in [0, 0.05) is 10.6 Å². The first-order valence-corrected chi connectivity index (χ1v) is 8.93. The van der Waals surface area contributed by atoms with E-state index in [9.17, 15) is 9.59 Å². The number of fused-ring (bicyclic) bond motifs is 1. The van der Waals surface area contributed by atoms with Gasteiger partial charge in [-0.25, -0.2) is 9.78 Å². The van der Waals surface area contributed by atoms with Crippen LogP contribution >= 0.6 is 11.6 Å². The van der Waals surface area contributed by atoms with Crippen LogP contribution in [0, 0.1) is 0 Å². The maximum atomic E-state index is 13.3. The van der Waals surface area contributed by atoms with E-state index in [-0.39, 0.29) is 5.56 Å². The summed E-state index contributed by atoms with van der Waals surface area (Å²) in [6, 6.07) is 21.0. The van der Waals surface area contributed by atoms with Gasteiger partial charge in [0.25, 0.3) is 5.56 Å². The molecule has 1 aromatic heterocycles. The van der Waals surface area contributed by atoms with E-state index in [1.165, 1.54) is 11.7 Å². The molecule has 0 bridgehead atoms. The highest BCUT2D eigenvalue weighted by molar-refractivity contribution is 6.30. The molecule has 3 aromatic carbocycles. The predicted octanol–water partition coefficient (Wildman–Crippen LogP) is 4.49. The molecule has 0 saturated heterocycles. The number of benzene rings is 3. The molecule has 4 aromatic rings. The number of rotatable bonds is 3. The van der Waals surface area contributed by atoms with E-state index in [2.05, 4.69) is 0 Å². The van der Waals surface area contributed by atoms with Gasteiger partial charge in [-0.05, 0) is 60.7 Å². The fourth-order valence-corrected chi connectivity index (χ4v) is 3.16. The van der Waals surface area contributed by atoms with Crippen LogP contribution in [-0.4, -0.2) is 22.6 Å².